The van der Waals surface area contributed by atoms with E-state index in [1.54, 1.807) is 24.3 Å². The molecule has 0 aliphatic carbocycles. The molecule has 0 bridgehead atoms. The number of ether oxygens (including phenoxy) is 1. The zero-order valence-corrected chi connectivity index (χ0v) is 15.9. The van der Waals surface area contributed by atoms with Crippen LogP contribution in [0.1, 0.15) is 26.3 Å². The molecule has 0 saturated heterocycles. The van der Waals surface area contributed by atoms with E-state index in [4.69, 9.17) is 22.1 Å². The van der Waals surface area contributed by atoms with Gasteiger partial charge in [0.25, 0.3) is 0 Å². The molecule has 0 fully saturated rings. The first-order valence-electron chi connectivity index (χ1n) is 8.40. The second kappa shape index (κ2) is 6.53. The van der Waals surface area contributed by atoms with Crippen molar-refractivity contribution in [2.24, 2.45) is 10.7 Å². The Morgan fingerprint density at radius 2 is 1.74 bits per heavy atom. The van der Waals surface area contributed by atoms with Crippen LogP contribution in [0.3, 0.4) is 0 Å². The van der Waals surface area contributed by atoms with Gasteiger partial charge in [-0.3, -0.25) is 4.99 Å². The van der Waals surface area contributed by atoms with Crippen molar-refractivity contribution in [2.45, 2.75) is 37.8 Å². The van der Waals surface area contributed by atoms with Crippen LogP contribution in [-0.2, 0) is 10.3 Å². The minimum atomic E-state index is -3.53. The van der Waals surface area contributed by atoms with Crippen LogP contribution in [0.25, 0.3) is 11.1 Å². The van der Waals surface area contributed by atoms with E-state index in [1.165, 1.54) is 32.9 Å². The first kappa shape index (κ1) is 19.7. The van der Waals surface area contributed by atoms with Gasteiger partial charge in [0.05, 0.1) is 0 Å². The normalized spacial score (nSPS) is 24.2. The molecule has 3 nitrogen and oxygen atoms in total. The van der Waals surface area contributed by atoms with Crippen molar-refractivity contribution in [3.8, 4) is 11.1 Å². The molecule has 0 spiro atoms. The third-order valence-electron chi connectivity index (χ3n) is 4.96. The standard InChI is InChI=1S/C20H20ClF3N2O/c1-18(2)20(23,24)19(3,26-17(25)11-27-18)15-10-13(7-8-16(15)22)12-5-4-6-14(21)9-12/h4-10H,11H2,1-3H3,(H2,25,26)/t19-/m1/s1. The molecular weight excluding hydrogens is 377 g/mol. The Bertz CT molecular complexity index is 914. The van der Waals surface area contributed by atoms with Gasteiger partial charge in [-0.1, -0.05) is 29.8 Å². The van der Waals surface area contributed by atoms with Crippen molar-refractivity contribution in [3.63, 3.8) is 0 Å². The van der Waals surface area contributed by atoms with Crippen LogP contribution in [-0.4, -0.2) is 24.0 Å². The lowest BCUT2D eigenvalue weighted by Crippen LogP contribution is -2.56. The first-order chi connectivity index (χ1) is 12.5. The van der Waals surface area contributed by atoms with E-state index in [2.05, 4.69) is 4.99 Å². The number of nitrogens with zero attached hydrogens (tertiary/aromatic N) is 1. The maximum Gasteiger partial charge on any atom is 0.304 e. The Balaban J connectivity index is 2.24. The highest BCUT2D eigenvalue weighted by atomic mass is 35.5. The molecule has 7 heteroatoms. The van der Waals surface area contributed by atoms with E-state index in [0.29, 0.717) is 16.1 Å². The lowest BCUT2D eigenvalue weighted by atomic mass is 9.77. The summed E-state index contributed by atoms with van der Waals surface area (Å²) in [5.74, 6) is -4.44. The van der Waals surface area contributed by atoms with Gasteiger partial charge in [-0.15, -0.1) is 0 Å². The van der Waals surface area contributed by atoms with Crippen LogP contribution in [0.5, 0.6) is 0 Å². The van der Waals surface area contributed by atoms with Crippen LogP contribution in [0, 0.1) is 5.82 Å². The molecule has 27 heavy (non-hydrogen) atoms. The summed E-state index contributed by atoms with van der Waals surface area (Å²) in [6, 6.07) is 10.9. The summed E-state index contributed by atoms with van der Waals surface area (Å²) >= 11 is 6.02. The Hall–Kier alpha value is -2.05. The number of rotatable bonds is 2. The predicted molar refractivity (Wildman–Crippen MR) is 101 cm³/mol. The second-order valence-corrected chi connectivity index (χ2v) is 7.69. The van der Waals surface area contributed by atoms with E-state index < -0.39 is 22.9 Å². The van der Waals surface area contributed by atoms with Crippen molar-refractivity contribution in [2.75, 3.05) is 6.61 Å². The van der Waals surface area contributed by atoms with Gasteiger partial charge in [-0.2, -0.15) is 0 Å². The average Bonchev–Trinajstić information content (AvgIpc) is 2.65. The maximum absolute atomic E-state index is 15.5. The van der Waals surface area contributed by atoms with Crippen molar-refractivity contribution >= 4 is 17.4 Å². The number of benzene rings is 2. The van der Waals surface area contributed by atoms with Crippen LogP contribution in [0.4, 0.5) is 13.2 Å². The molecule has 0 unspecified atom stereocenters. The van der Waals surface area contributed by atoms with Gasteiger partial charge < -0.3 is 10.5 Å². The zero-order chi connectivity index (χ0) is 20.0. The molecule has 144 valence electrons. The molecule has 1 aliphatic rings. The molecule has 0 amide bonds. The van der Waals surface area contributed by atoms with Crippen LogP contribution in [0.15, 0.2) is 47.5 Å². The van der Waals surface area contributed by atoms with Gasteiger partial charge in [0.2, 0.25) is 0 Å². The van der Waals surface area contributed by atoms with Crippen molar-refractivity contribution in [1.29, 1.82) is 0 Å². The van der Waals surface area contributed by atoms with Gasteiger partial charge >= 0.3 is 5.92 Å². The smallest absolute Gasteiger partial charge is 0.304 e. The molecule has 2 aromatic rings. The monoisotopic (exact) mass is 396 g/mol. The van der Waals surface area contributed by atoms with Crippen LogP contribution >= 0.6 is 11.6 Å². The maximum atomic E-state index is 15.5. The van der Waals surface area contributed by atoms with E-state index in [9.17, 15) is 4.39 Å². The summed E-state index contributed by atoms with van der Waals surface area (Å²) in [6.07, 6.45) is 0. The number of aliphatic imine (C=N–C) groups is 1. The summed E-state index contributed by atoms with van der Waals surface area (Å²) in [6.45, 7) is 3.42. The van der Waals surface area contributed by atoms with Crippen molar-refractivity contribution in [3.05, 3.63) is 58.9 Å². The van der Waals surface area contributed by atoms with Gasteiger partial charge in [-0.25, -0.2) is 13.2 Å². The van der Waals surface area contributed by atoms with Crippen molar-refractivity contribution in [1.82, 2.24) is 0 Å². The fourth-order valence-electron chi connectivity index (χ4n) is 3.30. The summed E-state index contributed by atoms with van der Waals surface area (Å²) < 4.78 is 50.9. The van der Waals surface area contributed by atoms with Gasteiger partial charge in [0, 0.05) is 10.6 Å². The highest BCUT2D eigenvalue weighted by Gasteiger charge is 2.63. The average molecular weight is 397 g/mol. The molecule has 0 aromatic heterocycles. The molecular formula is C20H20ClF3N2O. The van der Waals surface area contributed by atoms with Crippen LogP contribution in [0.2, 0.25) is 5.02 Å². The number of amidine groups is 1. The SMILES string of the molecule is CC1(C)OCC(N)=N[C@](C)(c2cc(-c3cccc(Cl)c3)ccc2F)C1(F)F. The number of nitrogens with two attached hydrogens (primary N) is 1. The fraction of sp³-hybridized carbons (Fsp3) is 0.350. The topological polar surface area (TPSA) is 47.6 Å². The van der Waals surface area contributed by atoms with Crippen LogP contribution < -0.4 is 5.73 Å². The minimum Gasteiger partial charge on any atom is -0.385 e. The highest BCUT2D eigenvalue weighted by molar-refractivity contribution is 6.30. The fourth-order valence-corrected chi connectivity index (χ4v) is 3.49. The van der Waals surface area contributed by atoms with E-state index >= 15 is 8.78 Å². The lowest BCUT2D eigenvalue weighted by Gasteiger charge is -2.42. The van der Waals surface area contributed by atoms with E-state index in [-0.39, 0.29) is 18.0 Å². The first-order valence-corrected chi connectivity index (χ1v) is 8.78. The summed E-state index contributed by atoms with van der Waals surface area (Å²) in [5, 5.41) is 0.487. The Morgan fingerprint density at radius 1 is 1.07 bits per heavy atom. The summed E-state index contributed by atoms with van der Waals surface area (Å²) in [4.78, 5) is 3.99. The minimum absolute atomic E-state index is 0.115. The Kier molecular flexibility index (Phi) is 4.77. The highest BCUT2D eigenvalue weighted by Crippen LogP contribution is 2.51. The molecule has 0 saturated carbocycles. The van der Waals surface area contributed by atoms with Gasteiger partial charge in [0.1, 0.15) is 23.9 Å². The van der Waals surface area contributed by atoms with E-state index in [1.807, 2.05) is 0 Å². The molecule has 1 aliphatic heterocycles. The van der Waals surface area contributed by atoms with Gasteiger partial charge in [-0.05, 0) is 56.2 Å². The quantitative estimate of drug-likeness (QED) is 0.761. The largest absolute Gasteiger partial charge is 0.385 e. The summed E-state index contributed by atoms with van der Waals surface area (Å²) in [5.41, 5.74) is 2.59. The Morgan fingerprint density at radius 3 is 2.41 bits per heavy atom. The lowest BCUT2D eigenvalue weighted by molar-refractivity contribution is -0.214. The molecule has 1 heterocycles. The second-order valence-electron chi connectivity index (χ2n) is 7.25. The number of halogens is 4. The number of hydrogen-bond acceptors (Lipinski definition) is 3. The Labute approximate surface area is 161 Å². The van der Waals surface area contributed by atoms with Gasteiger partial charge in [0.15, 0.2) is 5.54 Å². The van der Waals surface area contributed by atoms with E-state index in [0.717, 1.165) is 6.07 Å². The molecule has 2 N–H and O–H groups in total. The molecule has 0 radical (unpaired) electrons. The molecule has 2 aromatic carbocycles. The van der Waals surface area contributed by atoms with Crippen molar-refractivity contribution < 1.29 is 17.9 Å². The summed E-state index contributed by atoms with van der Waals surface area (Å²) in [7, 11) is 0. The molecule has 1 atom stereocenters. The third-order valence-corrected chi connectivity index (χ3v) is 5.20. The number of hydrogen-bond donors (Lipinski definition) is 1. The number of alkyl halides is 2. The third kappa shape index (κ3) is 3.21. The zero-order valence-electron chi connectivity index (χ0n) is 15.2. The predicted octanol–water partition coefficient (Wildman–Crippen LogP) is 5.16. The molecule has 3 rings (SSSR count).